The third kappa shape index (κ3) is 7.60. The quantitative estimate of drug-likeness (QED) is 0.318. The van der Waals surface area contributed by atoms with Gasteiger partial charge in [-0.1, -0.05) is 12.6 Å². The summed E-state index contributed by atoms with van der Waals surface area (Å²) in [6.45, 7) is 8.26. The summed E-state index contributed by atoms with van der Waals surface area (Å²) in [5.74, 6) is -3.41. The maximum atomic E-state index is 14.7. The van der Waals surface area contributed by atoms with Gasteiger partial charge in [-0.15, -0.1) is 0 Å². The summed E-state index contributed by atoms with van der Waals surface area (Å²) in [5.41, 5.74) is -2.72. The van der Waals surface area contributed by atoms with E-state index in [1.165, 1.54) is 4.68 Å². The van der Waals surface area contributed by atoms with Gasteiger partial charge in [-0.3, -0.25) is 9.69 Å². The van der Waals surface area contributed by atoms with Crippen LogP contribution in [0.1, 0.15) is 11.3 Å². The number of rotatable bonds is 5. The Morgan fingerprint density at radius 2 is 1.85 bits per heavy atom. The Labute approximate surface area is 217 Å². The van der Waals surface area contributed by atoms with E-state index >= 15 is 0 Å². The number of hydrogen-bond acceptors (Lipinski definition) is 8. The molecule has 0 unspecified atom stereocenters. The highest BCUT2D eigenvalue weighted by atomic mass is 19.4. The number of carboxylic acids is 1. The largest absolute Gasteiger partial charge is 0.503 e. The van der Waals surface area contributed by atoms with Gasteiger partial charge in [0.15, 0.2) is 5.75 Å². The number of carbonyl (C=O) groups excluding carboxylic acids is 2. The molecule has 3 N–H and O–H groups in total. The second-order valence-electron chi connectivity index (χ2n) is 7.95. The van der Waals surface area contributed by atoms with E-state index in [2.05, 4.69) is 21.6 Å². The van der Waals surface area contributed by atoms with E-state index in [1.54, 1.807) is 6.92 Å². The highest BCUT2D eigenvalue weighted by molar-refractivity contribution is 5.84. The van der Waals surface area contributed by atoms with Gasteiger partial charge in [0.05, 0.1) is 42.1 Å². The molecule has 0 atom stereocenters. The summed E-state index contributed by atoms with van der Waals surface area (Å²) in [6, 6.07) is 2.69. The number of nitrogens with zero attached hydrogens (tertiary/aromatic N) is 3. The molecule has 39 heavy (non-hydrogen) atoms. The molecule has 0 saturated carbocycles. The molecule has 0 amide bonds. The molecule has 3 heterocycles. The number of nitrogens with one attached hydrogen (secondary N) is 1. The minimum absolute atomic E-state index is 0.107. The van der Waals surface area contributed by atoms with E-state index in [9.17, 15) is 32.3 Å². The predicted molar refractivity (Wildman–Crippen MR) is 127 cm³/mol. The molecule has 1 saturated heterocycles. The van der Waals surface area contributed by atoms with E-state index in [4.69, 9.17) is 19.4 Å². The lowest BCUT2D eigenvalue weighted by Gasteiger charge is -2.26. The SMILES string of the molecule is C=CC(=O)O.Cc1nn(CCN2CCOCC2)c2[nH]c(-c3cccc(C(F)(F)F)c3F)c(O)c(=O)c12.O=C=O. The van der Waals surface area contributed by atoms with Crippen molar-refractivity contribution >= 4 is 23.2 Å². The zero-order chi connectivity index (χ0) is 29.3. The van der Waals surface area contributed by atoms with Gasteiger partial charge >= 0.3 is 18.3 Å². The minimum atomic E-state index is -4.92. The van der Waals surface area contributed by atoms with Crippen LogP contribution in [0.25, 0.3) is 22.3 Å². The molecule has 0 spiro atoms. The molecule has 1 fully saturated rings. The summed E-state index contributed by atoms with van der Waals surface area (Å²) in [7, 11) is 0. The molecule has 210 valence electrons. The van der Waals surface area contributed by atoms with Crippen LogP contribution in [0, 0.1) is 12.7 Å². The zero-order valence-electron chi connectivity index (χ0n) is 20.5. The predicted octanol–water partition coefficient (Wildman–Crippen LogP) is 2.57. The Bertz CT molecular complexity index is 1420. The van der Waals surface area contributed by atoms with Gasteiger partial charge in [-0.05, 0) is 19.1 Å². The van der Waals surface area contributed by atoms with Gasteiger partial charge in [0, 0.05) is 31.3 Å². The molecule has 15 heteroatoms. The maximum Gasteiger partial charge on any atom is 0.419 e. The van der Waals surface area contributed by atoms with Crippen molar-refractivity contribution in [2.45, 2.75) is 19.6 Å². The number of H-pyrrole nitrogens is 1. The van der Waals surface area contributed by atoms with E-state index < -0.39 is 46.0 Å². The number of aromatic nitrogens is 3. The molecule has 1 aliphatic rings. The van der Waals surface area contributed by atoms with Crippen LogP contribution in [0.15, 0.2) is 35.6 Å². The number of benzene rings is 1. The van der Waals surface area contributed by atoms with Crippen LogP contribution in [0.3, 0.4) is 0 Å². The number of aromatic hydroxyl groups is 1. The fraction of sp³-hybridized carbons (Fsp3) is 0.333. The number of ether oxygens (including phenoxy) is 1. The van der Waals surface area contributed by atoms with Crippen LogP contribution in [-0.4, -0.2) is 74.8 Å². The number of carboxylic acid groups (broad SMARTS) is 1. The summed E-state index contributed by atoms with van der Waals surface area (Å²) in [4.78, 5) is 43.2. The number of fused-ring (bicyclic) bond motifs is 1. The van der Waals surface area contributed by atoms with E-state index in [0.717, 1.165) is 31.3 Å². The van der Waals surface area contributed by atoms with Crippen LogP contribution in [-0.2, 0) is 31.8 Å². The third-order valence-electron chi connectivity index (χ3n) is 5.53. The fourth-order valence-corrected chi connectivity index (χ4v) is 3.75. The number of aromatic amines is 1. The van der Waals surface area contributed by atoms with Gasteiger partial charge in [0.2, 0.25) is 5.43 Å². The van der Waals surface area contributed by atoms with Gasteiger partial charge in [-0.25, -0.2) is 13.9 Å². The second kappa shape index (κ2) is 13.5. The van der Waals surface area contributed by atoms with Crippen molar-refractivity contribution < 1.29 is 46.9 Å². The average molecular weight is 556 g/mol. The van der Waals surface area contributed by atoms with Crippen molar-refractivity contribution in [1.82, 2.24) is 19.7 Å². The molecule has 0 aliphatic carbocycles. The first-order valence-corrected chi connectivity index (χ1v) is 11.2. The first-order valence-electron chi connectivity index (χ1n) is 11.2. The second-order valence-corrected chi connectivity index (χ2v) is 7.95. The Morgan fingerprint density at radius 3 is 2.38 bits per heavy atom. The van der Waals surface area contributed by atoms with Gasteiger partial charge < -0.3 is 19.9 Å². The van der Waals surface area contributed by atoms with Crippen LogP contribution in [0.4, 0.5) is 17.6 Å². The Morgan fingerprint density at radius 1 is 1.26 bits per heavy atom. The van der Waals surface area contributed by atoms with Gasteiger partial charge in [-0.2, -0.15) is 27.9 Å². The molecule has 2 aromatic heterocycles. The van der Waals surface area contributed by atoms with Crippen molar-refractivity contribution in [2.75, 3.05) is 32.8 Å². The monoisotopic (exact) mass is 556 g/mol. The van der Waals surface area contributed by atoms with E-state index in [1.807, 2.05) is 0 Å². The molecule has 4 rings (SSSR count). The van der Waals surface area contributed by atoms with Crippen LogP contribution < -0.4 is 5.43 Å². The summed E-state index contributed by atoms with van der Waals surface area (Å²) >= 11 is 0. The third-order valence-corrected chi connectivity index (χ3v) is 5.53. The van der Waals surface area contributed by atoms with Gasteiger partial charge in [0.1, 0.15) is 11.5 Å². The average Bonchev–Trinajstić information content (AvgIpc) is 3.21. The van der Waals surface area contributed by atoms with Crippen LogP contribution >= 0.6 is 0 Å². The van der Waals surface area contributed by atoms with Crippen molar-refractivity contribution in [2.24, 2.45) is 0 Å². The highest BCUT2D eigenvalue weighted by Gasteiger charge is 2.35. The summed E-state index contributed by atoms with van der Waals surface area (Å²) in [5, 5.41) is 22.4. The van der Waals surface area contributed by atoms with Crippen molar-refractivity contribution in [3.8, 4) is 17.0 Å². The van der Waals surface area contributed by atoms with E-state index in [-0.39, 0.29) is 17.2 Å². The standard InChI is InChI=1S/C20H20F4N4O3.C3H4O2.CO2/c1-11-14-17(29)18(30)16(12-3-2-4-13(15(12)21)20(22,23)24)25-19(14)28(26-11)6-5-27-7-9-31-10-8-27;1-2-3(4)5;2-1-3/h2-4,30H,5-10H2,1H3,(H,25,29);2H,1H2,(H,4,5);. The molecule has 0 radical (unpaired) electrons. The lowest BCUT2D eigenvalue weighted by Crippen LogP contribution is -2.38. The number of aliphatic carboxylic acids is 1. The molecular weight excluding hydrogens is 532 g/mol. The zero-order valence-corrected chi connectivity index (χ0v) is 20.5. The number of pyridine rings is 1. The number of hydrogen-bond donors (Lipinski definition) is 3. The van der Waals surface area contributed by atoms with Crippen molar-refractivity contribution in [3.63, 3.8) is 0 Å². The molecular formula is C24H24F4N4O7. The first kappa shape index (κ1) is 30.9. The van der Waals surface area contributed by atoms with Crippen molar-refractivity contribution in [1.29, 1.82) is 0 Å². The lowest BCUT2D eigenvalue weighted by molar-refractivity contribution is -0.191. The molecule has 3 aromatic rings. The van der Waals surface area contributed by atoms with Crippen LogP contribution in [0.5, 0.6) is 5.75 Å². The smallest absolute Gasteiger partial charge is 0.419 e. The van der Waals surface area contributed by atoms with Crippen molar-refractivity contribution in [3.05, 3.63) is 58.2 Å². The minimum Gasteiger partial charge on any atom is -0.503 e. The van der Waals surface area contributed by atoms with E-state index in [0.29, 0.717) is 38.1 Å². The van der Waals surface area contributed by atoms with Gasteiger partial charge in [0.25, 0.3) is 0 Å². The number of alkyl halides is 3. The number of carbonyl (C=O) groups is 1. The highest BCUT2D eigenvalue weighted by Crippen LogP contribution is 2.37. The summed E-state index contributed by atoms with van der Waals surface area (Å²) < 4.78 is 60.8. The number of aryl methyl sites for hydroxylation is 1. The molecule has 1 aromatic carbocycles. The lowest BCUT2D eigenvalue weighted by atomic mass is 10.0. The maximum absolute atomic E-state index is 14.7. The van der Waals surface area contributed by atoms with Crippen LogP contribution in [0.2, 0.25) is 0 Å². The fourth-order valence-electron chi connectivity index (χ4n) is 3.75. The molecule has 1 aliphatic heterocycles. The Hall–Kier alpha value is -4.33. The number of morpholine rings is 1. The Balaban J connectivity index is 0.000000590. The first-order chi connectivity index (χ1) is 18.4. The number of halogens is 4. The molecule has 11 nitrogen and oxygen atoms in total. The Kier molecular flexibility index (Phi) is 10.7. The topological polar surface area (TPSA) is 155 Å². The summed E-state index contributed by atoms with van der Waals surface area (Å²) in [6.07, 6.45) is -3.84. The normalized spacial score (nSPS) is 13.5. The molecule has 0 bridgehead atoms.